The normalized spacial score (nSPS) is 29.2. The van der Waals surface area contributed by atoms with Gasteiger partial charge in [-0.2, -0.15) is 0 Å². The molecule has 4 nitrogen and oxygen atoms in total. The molecule has 0 radical (unpaired) electrons. The largest absolute Gasteiger partial charge is 0.379 e. The van der Waals surface area contributed by atoms with E-state index in [0.29, 0.717) is 17.9 Å². The van der Waals surface area contributed by atoms with Crippen LogP contribution in [0, 0.1) is 5.92 Å². The van der Waals surface area contributed by atoms with Crippen LogP contribution in [0.3, 0.4) is 0 Å². The van der Waals surface area contributed by atoms with Crippen molar-refractivity contribution in [2.75, 3.05) is 39.4 Å². The number of rotatable bonds is 4. The van der Waals surface area contributed by atoms with Crippen LogP contribution in [0.1, 0.15) is 44.9 Å². The molecule has 0 aromatic carbocycles. The summed E-state index contributed by atoms with van der Waals surface area (Å²) in [6.45, 7) is 5.99. The van der Waals surface area contributed by atoms with Crippen LogP contribution in [0.15, 0.2) is 0 Å². The lowest BCUT2D eigenvalue weighted by Crippen LogP contribution is -2.49. The van der Waals surface area contributed by atoms with Crippen LogP contribution >= 0.6 is 0 Å². The Kier molecular flexibility index (Phi) is 4.94. The third-order valence-electron chi connectivity index (χ3n) is 5.25. The molecule has 2 heterocycles. The molecule has 0 aromatic heterocycles. The minimum atomic E-state index is 0.360. The van der Waals surface area contributed by atoms with E-state index in [1.807, 2.05) is 0 Å². The molecule has 1 aliphatic carbocycles. The van der Waals surface area contributed by atoms with Gasteiger partial charge in [0.25, 0.3) is 0 Å². The molecule has 4 heteroatoms. The topological polar surface area (TPSA) is 32.8 Å². The van der Waals surface area contributed by atoms with Gasteiger partial charge in [-0.05, 0) is 38.5 Å². The van der Waals surface area contributed by atoms with Crippen molar-refractivity contribution in [1.29, 1.82) is 0 Å². The molecule has 3 rings (SSSR count). The van der Waals surface area contributed by atoms with Gasteiger partial charge in [-0.3, -0.25) is 9.69 Å². The first-order chi connectivity index (χ1) is 9.84. The number of nitrogens with zero attached hydrogens (tertiary/aromatic N) is 2. The van der Waals surface area contributed by atoms with Gasteiger partial charge < -0.3 is 9.64 Å². The fourth-order valence-corrected chi connectivity index (χ4v) is 3.64. The fourth-order valence-electron chi connectivity index (χ4n) is 3.64. The third kappa shape index (κ3) is 3.34. The van der Waals surface area contributed by atoms with E-state index in [9.17, 15) is 4.79 Å². The minimum Gasteiger partial charge on any atom is -0.379 e. The van der Waals surface area contributed by atoms with Crippen LogP contribution in [0.2, 0.25) is 0 Å². The molecule has 1 amide bonds. The SMILES string of the molecule is O=C(C1CCC1)N1CCCC[C@@H]1CCN1CCOCC1. The number of hydrogen-bond acceptors (Lipinski definition) is 3. The van der Waals surface area contributed by atoms with Crippen LogP contribution in [-0.4, -0.2) is 61.1 Å². The van der Waals surface area contributed by atoms with Gasteiger partial charge in [-0.25, -0.2) is 0 Å². The van der Waals surface area contributed by atoms with Crippen LogP contribution in [-0.2, 0) is 9.53 Å². The summed E-state index contributed by atoms with van der Waals surface area (Å²) in [7, 11) is 0. The molecular weight excluding hydrogens is 252 g/mol. The van der Waals surface area contributed by atoms with Crippen LogP contribution in [0.25, 0.3) is 0 Å². The number of piperidine rings is 1. The zero-order valence-electron chi connectivity index (χ0n) is 12.6. The Balaban J connectivity index is 1.50. The van der Waals surface area contributed by atoms with Gasteiger partial charge in [0.15, 0.2) is 0 Å². The zero-order chi connectivity index (χ0) is 13.8. The van der Waals surface area contributed by atoms with Gasteiger partial charge in [0, 0.05) is 38.1 Å². The molecule has 2 saturated heterocycles. The predicted octanol–water partition coefficient (Wildman–Crippen LogP) is 1.89. The summed E-state index contributed by atoms with van der Waals surface area (Å²) < 4.78 is 5.40. The molecule has 2 aliphatic heterocycles. The van der Waals surface area contributed by atoms with Crippen molar-refractivity contribution in [1.82, 2.24) is 9.80 Å². The monoisotopic (exact) mass is 280 g/mol. The highest BCUT2D eigenvalue weighted by Gasteiger charge is 2.34. The minimum absolute atomic E-state index is 0.360. The molecule has 0 unspecified atom stereocenters. The lowest BCUT2D eigenvalue weighted by Gasteiger charge is -2.41. The maximum absolute atomic E-state index is 12.5. The lowest BCUT2D eigenvalue weighted by molar-refractivity contribution is -0.142. The molecule has 0 spiro atoms. The van der Waals surface area contributed by atoms with E-state index in [2.05, 4.69) is 9.80 Å². The number of amides is 1. The zero-order valence-corrected chi connectivity index (χ0v) is 12.6. The standard InChI is InChI=1S/C16H28N2O2/c19-16(14-4-3-5-14)18-8-2-1-6-15(18)7-9-17-10-12-20-13-11-17/h14-15H,1-13H2/t15-/m1/s1. The Bertz CT molecular complexity index is 324. The number of carbonyl (C=O) groups is 1. The molecule has 3 fully saturated rings. The Labute approximate surface area is 122 Å². The number of carbonyl (C=O) groups excluding carboxylic acids is 1. The molecule has 0 bridgehead atoms. The highest BCUT2D eigenvalue weighted by atomic mass is 16.5. The number of likely N-dealkylation sites (tertiary alicyclic amines) is 1. The Morgan fingerprint density at radius 3 is 2.50 bits per heavy atom. The summed E-state index contributed by atoms with van der Waals surface area (Å²) in [4.78, 5) is 17.3. The van der Waals surface area contributed by atoms with Gasteiger partial charge in [0.1, 0.15) is 0 Å². The van der Waals surface area contributed by atoms with Gasteiger partial charge in [-0.1, -0.05) is 6.42 Å². The van der Waals surface area contributed by atoms with Gasteiger partial charge in [-0.15, -0.1) is 0 Å². The van der Waals surface area contributed by atoms with E-state index in [1.54, 1.807) is 0 Å². The summed E-state index contributed by atoms with van der Waals surface area (Å²) in [5, 5.41) is 0. The highest BCUT2D eigenvalue weighted by molar-refractivity contribution is 5.80. The van der Waals surface area contributed by atoms with E-state index in [4.69, 9.17) is 4.74 Å². The molecule has 0 aromatic rings. The quantitative estimate of drug-likeness (QED) is 0.788. The Morgan fingerprint density at radius 1 is 1.00 bits per heavy atom. The second-order valence-corrected chi connectivity index (χ2v) is 6.55. The van der Waals surface area contributed by atoms with Crippen molar-refractivity contribution < 1.29 is 9.53 Å². The van der Waals surface area contributed by atoms with Crippen LogP contribution < -0.4 is 0 Å². The summed E-state index contributed by atoms with van der Waals surface area (Å²) in [5.41, 5.74) is 0. The first-order valence-corrected chi connectivity index (χ1v) is 8.45. The predicted molar refractivity (Wildman–Crippen MR) is 78.6 cm³/mol. The molecule has 0 N–H and O–H groups in total. The van der Waals surface area contributed by atoms with Gasteiger partial charge >= 0.3 is 0 Å². The van der Waals surface area contributed by atoms with E-state index < -0.39 is 0 Å². The third-order valence-corrected chi connectivity index (χ3v) is 5.25. The van der Waals surface area contributed by atoms with Crippen molar-refractivity contribution >= 4 is 5.91 Å². The summed E-state index contributed by atoms with van der Waals surface area (Å²) in [5.74, 6) is 0.821. The first kappa shape index (κ1) is 14.3. The van der Waals surface area contributed by atoms with Crippen molar-refractivity contribution in [3.63, 3.8) is 0 Å². The fraction of sp³-hybridized carbons (Fsp3) is 0.938. The van der Waals surface area contributed by atoms with Gasteiger partial charge in [0.2, 0.25) is 5.91 Å². The molecular formula is C16H28N2O2. The average molecular weight is 280 g/mol. The summed E-state index contributed by atoms with van der Waals surface area (Å²) in [6, 6.07) is 0.500. The number of ether oxygens (including phenoxy) is 1. The molecule has 20 heavy (non-hydrogen) atoms. The molecule has 1 saturated carbocycles. The van der Waals surface area contributed by atoms with Crippen molar-refractivity contribution in [3.05, 3.63) is 0 Å². The lowest BCUT2D eigenvalue weighted by atomic mass is 9.83. The van der Waals surface area contributed by atoms with Crippen molar-refractivity contribution in [2.45, 2.75) is 51.0 Å². The van der Waals surface area contributed by atoms with E-state index >= 15 is 0 Å². The van der Waals surface area contributed by atoms with Crippen LogP contribution in [0.4, 0.5) is 0 Å². The van der Waals surface area contributed by atoms with E-state index in [-0.39, 0.29) is 0 Å². The van der Waals surface area contributed by atoms with Crippen LogP contribution in [0.5, 0.6) is 0 Å². The number of morpholine rings is 1. The summed E-state index contributed by atoms with van der Waals surface area (Å²) >= 11 is 0. The van der Waals surface area contributed by atoms with Crippen molar-refractivity contribution in [2.24, 2.45) is 5.92 Å². The van der Waals surface area contributed by atoms with Gasteiger partial charge in [0.05, 0.1) is 13.2 Å². The maximum atomic E-state index is 12.5. The second kappa shape index (κ2) is 6.90. The highest BCUT2D eigenvalue weighted by Crippen LogP contribution is 2.31. The maximum Gasteiger partial charge on any atom is 0.225 e. The molecule has 3 aliphatic rings. The smallest absolute Gasteiger partial charge is 0.225 e. The molecule has 114 valence electrons. The second-order valence-electron chi connectivity index (χ2n) is 6.55. The Morgan fingerprint density at radius 2 is 1.80 bits per heavy atom. The first-order valence-electron chi connectivity index (χ1n) is 8.45. The average Bonchev–Trinajstić information content (AvgIpc) is 2.45. The number of hydrogen-bond donors (Lipinski definition) is 0. The van der Waals surface area contributed by atoms with E-state index in [1.165, 1.54) is 25.7 Å². The molecule has 1 atom stereocenters. The summed E-state index contributed by atoms with van der Waals surface area (Å²) in [6.07, 6.45) is 8.37. The Hall–Kier alpha value is -0.610. The van der Waals surface area contributed by atoms with Crippen molar-refractivity contribution in [3.8, 4) is 0 Å². The van der Waals surface area contributed by atoms with E-state index in [0.717, 1.165) is 58.7 Å².